The Morgan fingerprint density at radius 1 is 0.926 bits per heavy atom. The van der Waals surface area contributed by atoms with Crippen LogP contribution in [0, 0.1) is 6.92 Å². The molecule has 2 heterocycles. The van der Waals surface area contributed by atoms with Crippen molar-refractivity contribution < 1.29 is 0 Å². The maximum atomic E-state index is 4.90. The zero-order chi connectivity index (χ0) is 18.2. The van der Waals surface area contributed by atoms with E-state index in [1.54, 1.807) is 0 Å². The fourth-order valence-electron chi connectivity index (χ4n) is 3.71. The Balaban J connectivity index is 1.62. The summed E-state index contributed by atoms with van der Waals surface area (Å²) in [5, 5.41) is 1.58. The van der Waals surface area contributed by atoms with E-state index in [4.69, 9.17) is 4.98 Å². The van der Waals surface area contributed by atoms with Crippen molar-refractivity contribution in [2.45, 2.75) is 28.3 Å². The second kappa shape index (κ2) is 7.10. The van der Waals surface area contributed by atoms with E-state index in [1.807, 2.05) is 23.5 Å². The van der Waals surface area contributed by atoms with Crippen molar-refractivity contribution in [2.75, 3.05) is 5.75 Å². The molecular weight excluding hydrogens is 368 g/mol. The van der Waals surface area contributed by atoms with Crippen LogP contribution in [0.15, 0.2) is 88.9 Å². The normalized spacial score (nSPS) is 19.1. The predicted molar refractivity (Wildman–Crippen MR) is 116 cm³/mol. The first kappa shape index (κ1) is 17.0. The van der Waals surface area contributed by atoms with Gasteiger partial charge in [0.2, 0.25) is 0 Å². The molecule has 1 aliphatic heterocycles. The zero-order valence-electron chi connectivity index (χ0n) is 15.1. The predicted octanol–water partition coefficient (Wildman–Crippen LogP) is 6.20. The quantitative estimate of drug-likeness (QED) is 0.416. The lowest BCUT2D eigenvalue weighted by Gasteiger charge is -2.33. The van der Waals surface area contributed by atoms with Crippen LogP contribution in [0.5, 0.6) is 0 Å². The summed E-state index contributed by atoms with van der Waals surface area (Å²) in [6, 6.07) is 28.5. The van der Waals surface area contributed by atoms with Gasteiger partial charge in [0, 0.05) is 15.9 Å². The topological polar surface area (TPSA) is 17.8 Å². The Labute approximate surface area is 168 Å². The van der Waals surface area contributed by atoms with Crippen molar-refractivity contribution in [1.82, 2.24) is 9.55 Å². The Morgan fingerprint density at radius 3 is 2.48 bits per heavy atom. The second-order valence-corrected chi connectivity index (χ2v) is 9.19. The summed E-state index contributed by atoms with van der Waals surface area (Å²) in [6.07, 6.45) is 0. The third-order valence-corrected chi connectivity index (χ3v) is 7.57. The number of benzene rings is 3. The van der Waals surface area contributed by atoms with E-state index in [1.165, 1.54) is 21.5 Å². The van der Waals surface area contributed by atoms with Gasteiger partial charge in [0.05, 0.1) is 17.1 Å². The maximum Gasteiger partial charge on any atom is 0.169 e. The Bertz CT molecular complexity index is 1070. The van der Waals surface area contributed by atoms with Gasteiger partial charge in [0.25, 0.3) is 0 Å². The Morgan fingerprint density at radius 2 is 1.67 bits per heavy atom. The molecule has 0 saturated carbocycles. The van der Waals surface area contributed by atoms with Gasteiger partial charge in [0.1, 0.15) is 0 Å². The highest BCUT2D eigenvalue weighted by Gasteiger charge is 2.34. The van der Waals surface area contributed by atoms with Crippen LogP contribution in [0.1, 0.15) is 17.2 Å². The van der Waals surface area contributed by atoms with Crippen molar-refractivity contribution >= 4 is 34.6 Å². The molecule has 2 nitrogen and oxygen atoms in total. The molecule has 0 saturated heterocycles. The Kier molecular flexibility index (Phi) is 4.46. The van der Waals surface area contributed by atoms with Gasteiger partial charge >= 0.3 is 0 Å². The van der Waals surface area contributed by atoms with Gasteiger partial charge in [-0.25, -0.2) is 4.98 Å². The lowest BCUT2D eigenvalue weighted by Crippen LogP contribution is -2.29. The standard InChI is InChI=1S/C23H20N2S2/c1-16-11-13-18(14-12-16)27-21-15-26-23-24-19-9-5-6-10-20(19)25(23)22(21)17-7-3-2-4-8-17/h2-14,21-22H,15H2,1H3/t21-,22-/m1/s1. The van der Waals surface area contributed by atoms with E-state index in [9.17, 15) is 0 Å². The average molecular weight is 389 g/mol. The number of aromatic nitrogens is 2. The number of hydrogen-bond acceptors (Lipinski definition) is 3. The molecule has 0 amide bonds. The van der Waals surface area contributed by atoms with E-state index in [0.717, 1.165) is 16.4 Å². The van der Waals surface area contributed by atoms with Crippen molar-refractivity contribution in [3.63, 3.8) is 0 Å². The van der Waals surface area contributed by atoms with Gasteiger partial charge in [-0.3, -0.25) is 0 Å². The van der Waals surface area contributed by atoms with Gasteiger partial charge < -0.3 is 4.57 Å². The smallest absolute Gasteiger partial charge is 0.169 e. The lowest BCUT2D eigenvalue weighted by molar-refractivity contribution is 0.539. The molecule has 4 aromatic rings. The lowest BCUT2D eigenvalue weighted by atomic mass is 10.0. The number of rotatable bonds is 3. The SMILES string of the molecule is Cc1ccc(S[C@@H]2CSc3nc4ccccc4n3[C@@H]2c2ccccc2)cc1. The number of fused-ring (bicyclic) bond motifs is 3. The zero-order valence-corrected chi connectivity index (χ0v) is 16.7. The summed E-state index contributed by atoms with van der Waals surface area (Å²) in [4.78, 5) is 6.23. The molecule has 0 radical (unpaired) electrons. The molecule has 0 spiro atoms. The van der Waals surface area contributed by atoms with Crippen molar-refractivity contribution in [1.29, 1.82) is 0 Å². The van der Waals surface area contributed by atoms with Gasteiger partial charge in [-0.1, -0.05) is 71.9 Å². The van der Waals surface area contributed by atoms with E-state index in [0.29, 0.717) is 5.25 Å². The molecule has 134 valence electrons. The fourth-order valence-corrected chi connectivity index (χ4v) is 6.25. The molecule has 0 unspecified atom stereocenters. The van der Waals surface area contributed by atoms with Crippen LogP contribution < -0.4 is 0 Å². The molecule has 0 bridgehead atoms. The Hall–Kier alpha value is -2.17. The third kappa shape index (κ3) is 3.17. The summed E-state index contributed by atoms with van der Waals surface area (Å²) in [5.74, 6) is 1.06. The monoisotopic (exact) mass is 388 g/mol. The molecule has 0 aliphatic carbocycles. The van der Waals surface area contributed by atoms with Crippen LogP contribution >= 0.6 is 23.5 Å². The number of thioether (sulfide) groups is 2. The molecule has 0 N–H and O–H groups in total. The largest absolute Gasteiger partial charge is 0.310 e. The van der Waals surface area contributed by atoms with Crippen molar-refractivity contribution in [2.24, 2.45) is 0 Å². The number of imidazole rings is 1. The van der Waals surface area contributed by atoms with Crippen LogP contribution in [0.25, 0.3) is 11.0 Å². The minimum Gasteiger partial charge on any atom is -0.310 e. The van der Waals surface area contributed by atoms with Crippen LogP contribution in [-0.2, 0) is 0 Å². The first-order valence-electron chi connectivity index (χ1n) is 9.17. The van der Waals surface area contributed by atoms with E-state index >= 15 is 0 Å². The third-order valence-electron chi connectivity index (χ3n) is 5.02. The molecule has 2 atom stereocenters. The molecule has 3 aromatic carbocycles. The number of nitrogens with zero attached hydrogens (tertiary/aromatic N) is 2. The molecule has 1 aliphatic rings. The highest BCUT2D eigenvalue weighted by Crippen LogP contribution is 2.45. The van der Waals surface area contributed by atoms with E-state index < -0.39 is 0 Å². The van der Waals surface area contributed by atoms with Gasteiger partial charge in [0.15, 0.2) is 5.16 Å². The average Bonchev–Trinajstić information content (AvgIpc) is 3.09. The number of hydrogen-bond donors (Lipinski definition) is 0. The summed E-state index contributed by atoms with van der Waals surface area (Å²) in [7, 11) is 0. The molecule has 0 fully saturated rings. The first-order valence-corrected chi connectivity index (χ1v) is 11.0. The summed E-state index contributed by atoms with van der Waals surface area (Å²) in [5.41, 5.74) is 4.97. The van der Waals surface area contributed by atoms with Crippen LogP contribution in [0.4, 0.5) is 0 Å². The van der Waals surface area contributed by atoms with Gasteiger partial charge in [-0.2, -0.15) is 0 Å². The summed E-state index contributed by atoms with van der Waals surface area (Å²) >= 11 is 3.86. The minimum absolute atomic E-state index is 0.279. The molecular formula is C23H20N2S2. The van der Waals surface area contributed by atoms with Crippen molar-refractivity contribution in [3.05, 3.63) is 90.0 Å². The minimum atomic E-state index is 0.279. The first-order chi connectivity index (χ1) is 13.3. The second-order valence-electron chi connectivity index (χ2n) is 6.89. The van der Waals surface area contributed by atoms with Gasteiger partial charge in [-0.05, 0) is 36.8 Å². The number of para-hydroxylation sites is 2. The molecule has 5 rings (SSSR count). The van der Waals surface area contributed by atoms with E-state index in [2.05, 4.69) is 90.4 Å². The van der Waals surface area contributed by atoms with Crippen LogP contribution in [-0.4, -0.2) is 20.6 Å². The maximum absolute atomic E-state index is 4.90. The van der Waals surface area contributed by atoms with Crippen LogP contribution in [0.2, 0.25) is 0 Å². The highest BCUT2D eigenvalue weighted by atomic mass is 32.2. The van der Waals surface area contributed by atoms with E-state index in [-0.39, 0.29) is 6.04 Å². The summed E-state index contributed by atoms with van der Waals surface area (Å²) < 4.78 is 2.45. The van der Waals surface area contributed by atoms with Gasteiger partial charge in [-0.15, -0.1) is 11.8 Å². The fraction of sp³-hybridized carbons (Fsp3) is 0.174. The highest BCUT2D eigenvalue weighted by molar-refractivity contribution is 8.03. The van der Waals surface area contributed by atoms with Crippen molar-refractivity contribution in [3.8, 4) is 0 Å². The van der Waals surface area contributed by atoms with Crippen LogP contribution in [0.3, 0.4) is 0 Å². The number of aryl methyl sites for hydroxylation is 1. The molecule has 1 aromatic heterocycles. The molecule has 27 heavy (non-hydrogen) atoms. The molecule has 4 heteroatoms. The summed E-state index contributed by atoms with van der Waals surface area (Å²) in [6.45, 7) is 2.14.